The van der Waals surface area contributed by atoms with Crippen LogP contribution in [0.25, 0.3) is 5.69 Å². The van der Waals surface area contributed by atoms with Crippen LogP contribution in [0, 0.1) is 11.8 Å². The Kier molecular flexibility index (Phi) is 8.28. The molecule has 38 heavy (non-hydrogen) atoms. The van der Waals surface area contributed by atoms with Gasteiger partial charge in [0.15, 0.2) is 0 Å². The number of hydrogen-bond donors (Lipinski definition) is 3. The van der Waals surface area contributed by atoms with Crippen molar-refractivity contribution in [2.75, 3.05) is 0 Å². The zero-order chi connectivity index (χ0) is 26.8. The van der Waals surface area contributed by atoms with Crippen LogP contribution in [-0.2, 0) is 11.3 Å². The number of rotatable bonds is 8. The van der Waals surface area contributed by atoms with Gasteiger partial charge in [0.05, 0.1) is 12.7 Å². The lowest BCUT2D eigenvalue weighted by Crippen LogP contribution is -2.44. The zero-order valence-corrected chi connectivity index (χ0v) is 24.0. The van der Waals surface area contributed by atoms with Gasteiger partial charge < -0.3 is 10.1 Å². The molecule has 0 radical (unpaired) electrons. The average Bonchev–Trinajstić information content (AvgIpc) is 3.52. The van der Waals surface area contributed by atoms with E-state index in [4.69, 9.17) is 4.74 Å². The van der Waals surface area contributed by atoms with E-state index in [1.54, 1.807) is 0 Å². The van der Waals surface area contributed by atoms with Gasteiger partial charge in [-0.15, -0.1) is 10.2 Å². The molecule has 5 rings (SSSR count). The molecule has 2 aliphatic rings. The first kappa shape index (κ1) is 27.0. The molecule has 1 saturated carbocycles. The van der Waals surface area contributed by atoms with Gasteiger partial charge in [-0.3, -0.25) is 20.2 Å². The summed E-state index contributed by atoms with van der Waals surface area (Å²) in [6, 6.07) is 18.8. The molecule has 3 N–H and O–H groups in total. The predicted molar refractivity (Wildman–Crippen MR) is 151 cm³/mol. The zero-order valence-electron chi connectivity index (χ0n) is 22.4. The summed E-state index contributed by atoms with van der Waals surface area (Å²) in [6.45, 7) is 8.93. The lowest BCUT2D eigenvalue weighted by atomic mass is 9.72. The molecule has 1 aliphatic heterocycles. The maximum Gasteiger partial charge on any atom is 0.289 e. The summed E-state index contributed by atoms with van der Waals surface area (Å²) < 4.78 is 9.52. The average molecular weight is 582 g/mol. The quantitative estimate of drug-likeness (QED) is 0.356. The summed E-state index contributed by atoms with van der Waals surface area (Å²) in [7, 11) is 0. The van der Waals surface area contributed by atoms with Crippen LogP contribution in [0.3, 0.4) is 0 Å². The monoisotopic (exact) mass is 580 g/mol. The normalized spacial score (nSPS) is 25.1. The van der Waals surface area contributed by atoms with Crippen molar-refractivity contribution in [3.63, 3.8) is 0 Å². The smallest absolute Gasteiger partial charge is 0.289 e. The van der Waals surface area contributed by atoms with E-state index in [-0.39, 0.29) is 24.0 Å². The van der Waals surface area contributed by atoms with Gasteiger partial charge in [0.1, 0.15) is 5.82 Å². The second kappa shape index (κ2) is 11.7. The van der Waals surface area contributed by atoms with Crippen molar-refractivity contribution < 1.29 is 9.53 Å². The van der Waals surface area contributed by atoms with Gasteiger partial charge in [-0.2, -0.15) is 0 Å². The number of fused-ring (bicyclic) bond motifs is 1. The maximum atomic E-state index is 13.2. The highest BCUT2D eigenvalue weighted by Crippen LogP contribution is 2.43. The van der Waals surface area contributed by atoms with E-state index >= 15 is 0 Å². The number of benzene rings is 2. The van der Waals surface area contributed by atoms with Crippen molar-refractivity contribution in [1.29, 1.82) is 0 Å². The molecule has 1 amide bonds. The van der Waals surface area contributed by atoms with Gasteiger partial charge in [-0.25, -0.2) is 0 Å². The van der Waals surface area contributed by atoms with Gasteiger partial charge >= 0.3 is 0 Å². The first-order valence-electron chi connectivity index (χ1n) is 13.5. The van der Waals surface area contributed by atoms with Crippen LogP contribution in [-0.4, -0.2) is 44.9 Å². The molecule has 202 valence electrons. The first-order valence-corrected chi connectivity index (χ1v) is 14.3. The fourth-order valence-electron chi connectivity index (χ4n) is 5.82. The summed E-state index contributed by atoms with van der Waals surface area (Å²) in [5.74, 6) is 1.70. The van der Waals surface area contributed by atoms with E-state index in [0.29, 0.717) is 36.4 Å². The molecule has 2 aromatic carbocycles. The van der Waals surface area contributed by atoms with Crippen molar-refractivity contribution >= 4 is 21.8 Å². The summed E-state index contributed by atoms with van der Waals surface area (Å²) in [5.41, 5.74) is 9.08. The maximum absolute atomic E-state index is 13.2. The molecule has 5 unspecified atom stereocenters. The number of hydrazine groups is 1. The third kappa shape index (κ3) is 5.71. The number of hydrogen-bond acceptors (Lipinski definition) is 6. The van der Waals surface area contributed by atoms with Crippen molar-refractivity contribution in [1.82, 2.24) is 30.9 Å². The topological polar surface area (TPSA) is 93.1 Å². The van der Waals surface area contributed by atoms with Gasteiger partial charge in [0.25, 0.3) is 5.91 Å². The molecule has 0 bridgehead atoms. The van der Waals surface area contributed by atoms with E-state index < -0.39 is 0 Å². The second-order valence-electron chi connectivity index (χ2n) is 11.1. The van der Waals surface area contributed by atoms with E-state index in [2.05, 4.69) is 68.3 Å². The van der Waals surface area contributed by atoms with Gasteiger partial charge in [-0.05, 0) is 68.4 Å². The summed E-state index contributed by atoms with van der Waals surface area (Å²) in [6.07, 6.45) is 1.64. The van der Waals surface area contributed by atoms with E-state index in [1.165, 1.54) is 0 Å². The molecular weight excluding hydrogens is 544 g/mol. The number of carbonyl (C=O) groups excluding carboxylic acids is 1. The van der Waals surface area contributed by atoms with Gasteiger partial charge in [-0.1, -0.05) is 60.1 Å². The van der Waals surface area contributed by atoms with E-state index in [9.17, 15) is 4.79 Å². The Hall–Kier alpha value is -2.59. The molecule has 8 nitrogen and oxygen atoms in total. The largest absolute Gasteiger partial charge is 0.373 e. The minimum atomic E-state index is -0.235. The fourth-order valence-corrected chi connectivity index (χ4v) is 6.09. The first-order chi connectivity index (χ1) is 18.3. The second-order valence-corrected chi connectivity index (χ2v) is 12.0. The molecule has 9 heteroatoms. The van der Waals surface area contributed by atoms with Crippen LogP contribution in [0.4, 0.5) is 0 Å². The highest BCUT2D eigenvalue weighted by molar-refractivity contribution is 9.10. The number of amides is 1. The Morgan fingerprint density at radius 2 is 1.79 bits per heavy atom. The lowest BCUT2D eigenvalue weighted by molar-refractivity contribution is -0.0181. The third-order valence-electron chi connectivity index (χ3n) is 7.63. The molecule has 1 saturated heterocycles. The molecule has 5 atom stereocenters. The summed E-state index contributed by atoms with van der Waals surface area (Å²) in [4.78, 5) is 13.2. The Labute approximate surface area is 233 Å². The van der Waals surface area contributed by atoms with Crippen LogP contribution in [0.15, 0.2) is 59.1 Å². The molecule has 1 aromatic heterocycles. The van der Waals surface area contributed by atoms with E-state index in [0.717, 1.165) is 34.4 Å². The summed E-state index contributed by atoms with van der Waals surface area (Å²) >= 11 is 3.53. The van der Waals surface area contributed by atoms with Crippen LogP contribution in [0.5, 0.6) is 0 Å². The number of halogens is 1. The van der Waals surface area contributed by atoms with Crippen molar-refractivity contribution in [2.24, 2.45) is 11.8 Å². The van der Waals surface area contributed by atoms with Gasteiger partial charge in [0.2, 0.25) is 5.82 Å². The molecular formula is C29H37BrN6O2. The SMILES string of the molecule is CC(C)NC(=O)c1nnc(C2CC3C(CC2OCc2ccccc2)NNC3C(C)C)n1-c1ccc(Br)cc1. The minimum absolute atomic E-state index is 0.0131. The molecule has 2 fully saturated rings. The number of nitrogens with one attached hydrogen (secondary N) is 3. The number of aromatic nitrogens is 3. The third-order valence-corrected chi connectivity index (χ3v) is 8.16. The Balaban J connectivity index is 1.54. The van der Waals surface area contributed by atoms with Crippen LogP contribution in [0.2, 0.25) is 0 Å². The van der Waals surface area contributed by atoms with Crippen LogP contribution in [0.1, 0.15) is 68.5 Å². The standard InChI is InChI=1S/C29H37BrN6O2/c1-17(2)26-22-14-23(25(15-24(22)32-33-26)38-16-19-8-6-5-7-9-19)27-34-35-28(29(37)31-18(3)4)36(27)21-12-10-20(30)11-13-21/h5-13,17-18,22-26,32-33H,14-16H2,1-4H3,(H,31,37). The Morgan fingerprint density at radius 3 is 2.47 bits per heavy atom. The molecule has 1 aliphatic carbocycles. The highest BCUT2D eigenvalue weighted by atomic mass is 79.9. The lowest BCUT2D eigenvalue weighted by Gasteiger charge is -2.39. The number of ether oxygens (including phenoxy) is 1. The fraction of sp³-hybridized carbons (Fsp3) is 0.483. The minimum Gasteiger partial charge on any atom is -0.373 e. The molecule has 3 aromatic rings. The number of nitrogens with zero attached hydrogens (tertiary/aromatic N) is 3. The molecule has 2 heterocycles. The Bertz CT molecular complexity index is 1230. The predicted octanol–water partition coefficient (Wildman–Crippen LogP) is 4.75. The molecule has 0 spiro atoms. The van der Waals surface area contributed by atoms with Crippen LogP contribution >= 0.6 is 15.9 Å². The van der Waals surface area contributed by atoms with Crippen molar-refractivity contribution in [3.05, 3.63) is 76.3 Å². The van der Waals surface area contributed by atoms with Crippen molar-refractivity contribution in [2.45, 2.75) is 77.3 Å². The van der Waals surface area contributed by atoms with Gasteiger partial charge in [0, 0.05) is 34.2 Å². The van der Waals surface area contributed by atoms with E-state index in [1.807, 2.05) is 60.9 Å². The highest BCUT2D eigenvalue weighted by Gasteiger charge is 2.47. The number of carbonyl (C=O) groups is 1. The Morgan fingerprint density at radius 1 is 1.05 bits per heavy atom. The summed E-state index contributed by atoms with van der Waals surface area (Å²) in [5, 5.41) is 12.1. The van der Waals surface area contributed by atoms with Crippen molar-refractivity contribution in [3.8, 4) is 5.69 Å². The van der Waals surface area contributed by atoms with Crippen LogP contribution < -0.4 is 16.2 Å².